The van der Waals surface area contributed by atoms with E-state index in [9.17, 15) is 10.1 Å². The predicted octanol–water partition coefficient (Wildman–Crippen LogP) is 3.44. The fourth-order valence-corrected chi connectivity index (χ4v) is 3.09. The lowest BCUT2D eigenvalue weighted by atomic mass is 10.3. The summed E-state index contributed by atoms with van der Waals surface area (Å²) in [7, 11) is 0. The van der Waals surface area contributed by atoms with Gasteiger partial charge in [0.05, 0.1) is 10.7 Å². The minimum Gasteiger partial charge on any atom is -0.444 e. The molecule has 2 N–H and O–H groups in total. The molecule has 0 aliphatic rings. The SMILES string of the molecule is C=CCNC(=C[N+](=O)[O-])NCCSCc1oc(N(CC=C)CC=C)cc1C. The number of anilines is 1. The first-order valence-electron chi connectivity index (χ1n) is 8.59. The number of nitrogens with zero attached hydrogens (tertiary/aromatic N) is 2. The van der Waals surface area contributed by atoms with Crippen LogP contribution in [-0.2, 0) is 5.75 Å². The van der Waals surface area contributed by atoms with Gasteiger partial charge in [-0.25, -0.2) is 0 Å². The highest BCUT2D eigenvalue weighted by atomic mass is 32.2. The second-order valence-electron chi connectivity index (χ2n) is 5.65. The maximum Gasteiger partial charge on any atom is 0.274 e. The van der Waals surface area contributed by atoms with E-state index in [4.69, 9.17) is 4.42 Å². The van der Waals surface area contributed by atoms with Crippen LogP contribution in [0.1, 0.15) is 11.3 Å². The summed E-state index contributed by atoms with van der Waals surface area (Å²) in [4.78, 5) is 12.2. The highest BCUT2D eigenvalue weighted by Crippen LogP contribution is 2.26. The van der Waals surface area contributed by atoms with Crippen LogP contribution in [0.15, 0.2) is 60.5 Å². The van der Waals surface area contributed by atoms with Crippen LogP contribution in [0, 0.1) is 17.0 Å². The first-order chi connectivity index (χ1) is 13.0. The minimum atomic E-state index is -0.489. The lowest BCUT2D eigenvalue weighted by Gasteiger charge is -2.17. The van der Waals surface area contributed by atoms with Gasteiger partial charge in [0.2, 0.25) is 0 Å². The maximum absolute atomic E-state index is 10.6. The number of thioether (sulfide) groups is 1. The molecule has 0 atom stereocenters. The summed E-state index contributed by atoms with van der Waals surface area (Å²) in [6.07, 6.45) is 6.23. The van der Waals surface area contributed by atoms with Crippen LogP contribution in [0.3, 0.4) is 0 Å². The summed E-state index contributed by atoms with van der Waals surface area (Å²) >= 11 is 1.70. The van der Waals surface area contributed by atoms with Gasteiger partial charge in [-0.05, 0) is 12.5 Å². The van der Waals surface area contributed by atoms with Crippen molar-refractivity contribution >= 4 is 17.6 Å². The van der Waals surface area contributed by atoms with Crippen molar-refractivity contribution in [3.63, 3.8) is 0 Å². The molecule has 1 aromatic heterocycles. The third-order valence-corrected chi connectivity index (χ3v) is 4.44. The average Bonchev–Trinajstić information content (AvgIpc) is 2.99. The molecule has 7 nitrogen and oxygen atoms in total. The van der Waals surface area contributed by atoms with E-state index in [1.165, 1.54) is 0 Å². The number of rotatable bonds is 15. The molecule has 1 heterocycles. The second kappa shape index (κ2) is 12.7. The van der Waals surface area contributed by atoms with Crippen molar-refractivity contribution < 1.29 is 9.34 Å². The monoisotopic (exact) mass is 392 g/mol. The van der Waals surface area contributed by atoms with Crippen molar-refractivity contribution in [1.82, 2.24) is 10.6 Å². The fraction of sp³-hybridized carbons (Fsp3) is 0.368. The molecule has 27 heavy (non-hydrogen) atoms. The lowest BCUT2D eigenvalue weighted by Crippen LogP contribution is -2.29. The van der Waals surface area contributed by atoms with E-state index in [0.29, 0.717) is 32.0 Å². The van der Waals surface area contributed by atoms with Crippen molar-refractivity contribution in [2.45, 2.75) is 12.7 Å². The maximum atomic E-state index is 10.6. The molecule has 0 saturated carbocycles. The highest BCUT2D eigenvalue weighted by Gasteiger charge is 2.12. The van der Waals surface area contributed by atoms with Gasteiger partial charge in [0, 0.05) is 38.0 Å². The zero-order valence-corrected chi connectivity index (χ0v) is 16.6. The van der Waals surface area contributed by atoms with Gasteiger partial charge in [0.25, 0.3) is 6.20 Å². The van der Waals surface area contributed by atoms with E-state index in [1.807, 2.05) is 25.1 Å². The first-order valence-corrected chi connectivity index (χ1v) is 9.75. The van der Waals surface area contributed by atoms with Crippen LogP contribution < -0.4 is 15.5 Å². The Labute approximate surface area is 165 Å². The van der Waals surface area contributed by atoms with E-state index in [-0.39, 0.29) is 0 Å². The molecular weight excluding hydrogens is 364 g/mol. The number of nitro groups is 1. The topological polar surface area (TPSA) is 83.6 Å². The van der Waals surface area contributed by atoms with Crippen LogP contribution in [0.25, 0.3) is 0 Å². The molecule has 1 rings (SSSR count). The summed E-state index contributed by atoms with van der Waals surface area (Å²) in [5, 5.41) is 16.5. The largest absolute Gasteiger partial charge is 0.444 e. The third kappa shape index (κ3) is 8.54. The number of hydrogen-bond acceptors (Lipinski definition) is 7. The second-order valence-corrected chi connectivity index (χ2v) is 6.76. The van der Waals surface area contributed by atoms with Crippen LogP contribution in [0.2, 0.25) is 0 Å². The molecule has 1 aromatic rings. The summed E-state index contributed by atoms with van der Waals surface area (Å²) in [5.41, 5.74) is 1.10. The Bertz CT molecular complexity index is 660. The quantitative estimate of drug-likeness (QED) is 0.205. The van der Waals surface area contributed by atoms with Crippen LogP contribution in [0.4, 0.5) is 5.88 Å². The van der Waals surface area contributed by atoms with Crippen molar-refractivity contribution in [2.24, 2.45) is 0 Å². The Morgan fingerprint density at radius 3 is 2.59 bits per heavy atom. The van der Waals surface area contributed by atoms with Crippen LogP contribution >= 0.6 is 11.8 Å². The molecule has 0 unspecified atom stereocenters. The van der Waals surface area contributed by atoms with Gasteiger partial charge in [0.1, 0.15) is 5.76 Å². The molecule has 8 heteroatoms. The number of nitrogens with one attached hydrogen (secondary N) is 2. The Hall–Kier alpha value is -2.61. The van der Waals surface area contributed by atoms with E-state index in [1.54, 1.807) is 17.8 Å². The number of aryl methyl sites for hydroxylation is 1. The summed E-state index contributed by atoms with van der Waals surface area (Å²) in [6.45, 7) is 15.6. The minimum absolute atomic E-state index is 0.376. The molecule has 0 radical (unpaired) electrons. The van der Waals surface area contributed by atoms with E-state index in [2.05, 4.69) is 35.3 Å². The van der Waals surface area contributed by atoms with Crippen molar-refractivity contribution in [2.75, 3.05) is 36.8 Å². The predicted molar refractivity (Wildman–Crippen MR) is 113 cm³/mol. The van der Waals surface area contributed by atoms with Crippen LogP contribution in [0.5, 0.6) is 0 Å². The number of hydrogen-bond donors (Lipinski definition) is 2. The molecule has 0 spiro atoms. The molecule has 0 aliphatic carbocycles. The molecule has 148 valence electrons. The van der Waals surface area contributed by atoms with Gasteiger partial charge < -0.3 is 20.0 Å². The Balaban J connectivity index is 2.49. The van der Waals surface area contributed by atoms with Crippen molar-refractivity contribution in [3.05, 3.63) is 77.5 Å². The molecule has 0 aliphatic heterocycles. The highest BCUT2D eigenvalue weighted by molar-refractivity contribution is 7.98. The molecular formula is C19H28N4O3S. The fourth-order valence-electron chi connectivity index (χ4n) is 2.23. The van der Waals surface area contributed by atoms with Gasteiger partial charge in [-0.15, -0.1) is 19.7 Å². The van der Waals surface area contributed by atoms with Gasteiger partial charge in [-0.2, -0.15) is 11.8 Å². The van der Waals surface area contributed by atoms with Crippen molar-refractivity contribution in [1.29, 1.82) is 0 Å². The summed E-state index contributed by atoms with van der Waals surface area (Å²) in [5.74, 6) is 3.63. The zero-order chi connectivity index (χ0) is 20.1. The molecule has 0 amide bonds. The third-order valence-electron chi connectivity index (χ3n) is 3.48. The Morgan fingerprint density at radius 2 is 2.00 bits per heavy atom. The lowest BCUT2D eigenvalue weighted by molar-refractivity contribution is -0.404. The van der Waals surface area contributed by atoms with E-state index < -0.39 is 4.92 Å². The molecule has 0 aromatic carbocycles. The van der Waals surface area contributed by atoms with Gasteiger partial charge >= 0.3 is 0 Å². The Morgan fingerprint density at radius 1 is 1.30 bits per heavy atom. The average molecular weight is 393 g/mol. The molecule has 0 fully saturated rings. The van der Waals surface area contributed by atoms with Crippen molar-refractivity contribution in [3.8, 4) is 0 Å². The zero-order valence-electron chi connectivity index (χ0n) is 15.8. The van der Waals surface area contributed by atoms with E-state index in [0.717, 1.165) is 34.9 Å². The smallest absolute Gasteiger partial charge is 0.274 e. The van der Waals surface area contributed by atoms with Gasteiger partial charge in [-0.3, -0.25) is 10.1 Å². The standard InChI is InChI=1S/C19H28N4O3S/c1-5-8-20-18(14-23(24)25)21-9-12-27-15-17-16(4)13-19(26-17)22(10-6-2)11-7-3/h5-7,13-14,20-21H,1-3,8-12,15H2,4H3. The molecule has 0 bridgehead atoms. The normalized spacial score (nSPS) is 10.9. The van der Waals surface area contributed by atoms with Gasteiger partial charge in [0.15, 0.2) is 11.7 Å². The first kappa shape index (κ1) is 22.4. The summed E-state index contributed by atoms with van der Waals surface area (Å²) < 4.78 is 5.98. The summed E-state index contributed by atoms with van der Waals surface area (Å²) in [6, 6.07) is 2.03. The molecule has 0 saturated heterocycles. The van der Waals surface area contributed by atoms with E-state index >= 15 is 0 Å². The van der Waals surface area contributed by atoms with Gasteiger partial charge in [-0.1, -0.05) is 18.2 Å². The van der Waals surface area contributed by atoms with Crippen LogP contribution in [-0.4, -0.2) is 36.9 Å². The number of furan rings is 1. The Kier molecular flexibility index (Phi) is 10.5.